The molecule has 19 heavy (non-hydrogen) atoms. The first-order chi connectivity index (χ1) is 9.00. The first kappa shape index (κ1) is 13.4. The predicted molar refractivity (Wildman–Crippen MR) is 80.5 cm³/mol. The van der Waals surface area contributed by atoms with Crippen LogP contribution in [0.3, 0.4) is 0 Å². The third-order valence-electron chi connectivity index (χ3n) is 3.10. The zero-order chi connectivity index (χ0) is 14.0. The first-order valence-corrected chi connectivity index (χ1v) is 6.56. The molecular weight excluding hydrogens is 234 g/mol. The van der Waals surface area contributed by atoms with Gasteiger partial charge >= 0.3 is 0 Å². The van der Waals surface area contributed by atoms with Gasteiger partial charge in [-0.3, -0.25) is 0 Å². The van der Waals surface area contributed by atoms with E-state index in [0.717, 1.165) is 17.9 Å². The van der Waals surface area contributed by atoms with Gasteiger partial charge in [-0.15, -0.1) is 0 Å². The summed E-state index contributed by atoms with van der Waals surface area (Å²) in [6.45, 7) is 11.2. The summed E-state index contributed by atoms with van der Waals surface area (Å²) in [6.07, 6.45) is 1.86. The highest BCUT2D eigenvalue weighted by Gasteiger charge is 2.16. The molecule has 0 bridgehead atoms. The lowest BCUT2D eigenvalue weighted by Crippen LogP contribution is -2.07. The molecule has 0 saturated carbocycles. The summed E-state index contributed by atoms with van der Waals surface area (Å²) in [5, 5.41) is 0. The van der Waals surface area contributed by atoms with E-state index in [0.29, 0.717) is 11.6 Å². The summed E-state index contributed by atoms with van der Waals surface area (Å²) in [5.41, 5.74) is 10.6. The lowest BCUT2D eigenvalue weighted by atomic mass is 10.0. The van der Waals surface area contributed by atoms with Crippen molar-refractivity contribution in [2.75, 3.05) is 0 Å². The molecule has 1 aromatic carbocycles. The van der Waals surface area contributed by atoms with E-state index in [9.17, 15) is 0 Å². The van der Waals surface area contributed by atoms with Gasteiger partial charge in [0.05, 0.1) is 17.7 Å². The minimum absolute atomic E-state index is 0.515. The standard InChI is InChI=1S/C16H21N3/c1-11(2)9-19-10-18-15(13(4)17)16(19)14-8-6-5-7-12(14)3/h5-8,10-11H,4,9,17H2,1-3H3. The van der Waals surface area contributed by atoms with E-state index in [1.165, 1.54) is 11.1 Å². The molecule has 0 amide bonds. The van der Waals surface area contributed by atoms with Crippen molar-refractivity contribution in [2.24, 2.45) is 11.7 Å². The van der Waals surface area contributed by atoms with E-state index in [1.807, 2.05) is 18.5 Å². The van der Waals surface area contributed by atoms with Crippen LogP contribution in [0.4, 0.5) is 0 Å². The molecular formula is C16H21N3. The second-order valence-corrected chi connectivity index (χ2v) is 5.33. The Hall–Kier alpha value is -2.03. The Morgan fingerprint density at radius 3 is 2.63 bits per heavy atom. The summed E-state index contributed by atoms with van der Waals surface area (Å²) in [7, 11) is 0. The van der Waals surface area contributed by atoms with Crippen molar-refractivity contribution in [3.63, 3.8) is 0 Å². The van der Waals surface area contributed by atoms with Crippen LogP contribution in [0, 0.1) is 12.8 Å². The highest BCUT2D eigenvalue weighted by molar-refractivity contribution is 5.76. The maximum absolute atomic E-state index is 5.88. The van der Waals surface area contributed by atoms with Gasteiger partial charge in [0.1, 0.15) is 5.69 Å². The van der Waals surface area contributed by atoms with E-state index in [1.54, 1.807) is 0 Å². The normalized spacial score (nSPS) is 10.9. The number of hydrogen-bond acceptors (Lipinski definition) is 2. The van der Waals surface area contributed by atoms with E-state index in [-0.39, 0.29) is 0 Å². The van der Waals surface area contributed by atoms with Crippen LogP contribution >= 0.6 is 0 Å². The van der Waals surface area contributed by atoms with Crippen molar-refractivity contribution in [3.8, 4) is 11.3 Å². The van der Waals surface area contributed by atoms with Gasteiger partial charge in [0.2, 0.25) is 0 Å². The van der Waals surface area contributed by atoms with Crippen LogP contribution in [-0.2, 0) is 6.54 Å². The monoisotopic (exact) mass is 255 g/mol. The van der Waals surface area contributed by atoms with Crippen molar-refractivity contribution in [1.82, 2.24) is 9.55 Å². The van der Waals surface area contributed by atoms with Crippen LogP contribution < -0.4 is 5.73 Å². The molecule has 3 nitrogen and oxygen atoms in total. The molecule has 1 aromatic heterocycles. The number of aryl methyl sites for hydroxylation is 1. The molecule has 0 spiro atoms. The van der Waals surface area contributed by atoms with Crippen molar-refractivity contribution in [2.45, 2.75) is 27.3 Å². The molecule has 100 valence electrons. The summed E-state index contributed by atoms with van der Waals surface area (Å²) in [6, 6.07) is 8.29. The second-order valence-electron chi connectivity index (χ2n) is 5.33. The molecule has 3 heteroatoms. The minimum Gasteiger partial charge on any atom is -0.397 e. The van der Waals surface area contributed by atoms with Crippen LogP contribution in [-0.4, -0.2) is 9.55 Å². The Morgan fingerprint density at radius 1 is 1.37 bits per heavy atom. The fraction of sp³-hybridized carbons (Fsp3) is 0.312. The Morgan fingerprint density at radius 2 is 2.05 bits per heavy atom. The number of nitrogens with two attached hydrogens (primary N) is 1. The van der Waals surface area contributed by atoms with Crippen LogP contribution in [0.2, 0.25) is 0 Å². The summed E-state index contributed by atoms with van der Waals surface area (Å²) in [5.74, 6) is 0.552. The molecule has 2 aromatic rings. The highest BCUT2D eigenvalue weighted by atomic mass is 15.1. The van der Waals surface area contributed by atoms with Crippen molar-refractivity contribution in [1.29, 1.82) is 0 Å². The fourth-order valence-electron chi connectivity index (χ4n) is 2.27. The number of imidazole rings is 1. The average Bonchev–Trinajstić information content (AvgIpc) is 2.72. The number of nitrogens with zero attached hydrogens (tertiary/aromatic N) is 2. The van der Waals surface area contributed by atoms with Crippen LogP contribution in [0.15, 0.2) is 37.2 Å². The zero-order valence-electron chi connectivity index (χ0n) is 11.9. The van der Waals surface area contributed by atoms with Crippen LogP contribution in [0.5, 0.6) is 0 Å². The topological polar surface area (TPSA) is 43.8 Å². The lowest BCUT2D eigenvalue weighted by Gasteiger charge is -2.14. The third kappa shape index (κ3) is 2.70. The summed E-state index contributed by atoms with van der Waals surface area (Å²) >= 11 is 0. The van der Waals surface area contributed by atoms with Gasteiger partial charge in [-0.2, -0.15) is 0 Å². The Bertz CT molecular complexity index is 594. The maximum Gasteiger partial charge on any atom is 0.111 e. The third-order valence-corrected chi connectivity index (χ3v) is 3.10. The number of rotatable bonds is 4. The Labute approximate surface area is 114 Å². The Kier molecular flexibility index (Phi) is 3.74. The van der Waals surface area contributed by atoms with Gasteiger partial charge in [0.25, 0.3) is 0 Å². The van der Waals surface area contributed by atoms with Gasteiger partial charge in [0.15, 0.2) is 0 Å². The number of aromatic nitrogens is 2. The second kappa shape index (κ2) is 5.31. The average molecular weight is 255 g/mol. The summed E-state index contributed by atoms with van der Waals surface area (Å²) in [4.78, 5) is 4.42. The van der Waals surface area contributed by atoms with Gasteiger partial charge in [-0.1, -0.05) is 44.7 Å². The molecule has 0 radical (unpaired) electrons. The van der Waals surface area contributed by atoms with Gasteiger partial charge in [0, 0.05) is 12.1 Å². The molecule has 0 aliphatic heterocycles. The van der Waals surface area contributed by atoms with Crippen molar-refractivity contribution < 1.29 is 0 Å². The molecule has 0 aliphatic carbocycles. The molecule has 0 aliphatic rings. The van der Waals surface area contributed by atoms with Gasteiger partial charge < -0.3 is 10.3 Å². The van der Waals surface area contributed by atoms with Gasteiger partial charge in [-0.05, 0) is 18.4 Å². The number of hydrogen-bond donors (Lipinski definition) is 1. The van der Waals surface area contributed by atoms with E-state index in [2.05, 4.69) is 49.0 Å². The van der Waals surface area contributed by atoms with Crippen LogP contribution in [0.1, 0.15) is 25.1 Å². The molecule has 2 rings (SSSR count). The highest BCUT2D eigenvalue weighted by Crippen LogP contribution is 2.29. The lowest BCUT2D eigenvalue weighted by molar-refractivity contribution is 0.526. The minimum atomic E-state index is 0.515. The van der Waals surface area contributed by atoms with Crippen molar-refractivity contribution in [3.05, 3.63) is 48.4 Å². The quantitative estimate of drug-likeness (QED) is 0.909. The van der Waals surface area contributed by atoms with E-state index >= 15 is 0 Å². The van der Waals surface area contributed by atoms with E-state index < -0.39 is 0 Å². The number of benzene rings is 1. The first-order valence-electron chi connectivity index (χ1n) is 6.56. The molecule has 0 fully saturated rings. The van der Waals surface area contributed by atoms with Crippen LogP contribution in [0.25, 0.3) is 17.0 Å². The molecule has 0 unspecified atom stereocenters. The fourth-order valence-corrected chi connectivity index (χ4v) is 2.27. The SMILES string of the molecule is C=C(N)c1ncn(CC(C)C)c1-c1ccccc1C. The Balaban J connectivity index is 2.61. The molecule has 1 heterocycles. The van der Waals surface area contributed by atoms with Gasteiger partial charge in [-0.25, -0.2) is 4.98 Å². The largest absolute Gasteiger partial charge is 0.397 e. The van der Waals surface area contributed by atoms with Crippen molar-refractivity contribution >= 4 is 5.70 Å². The predicted octanol–water partition coefficient (Wildman–Crippen LogP) is 3.44. The zero-order valence-corrected chi connectivity index (χ0v) is 11.9. The smallest absolute Gasteiger partial charge is 0.111 e. The molecule has 2 N–H and O–H groups in total. The summed E-state index contributed by atoms with van der Waals surface area (Å²) < 4.78 is 2.17. The molecule has 0 saturated heterocycles. The molecule has 0 atom stereocenters. The van der Waals surface area contributed by atoms with E-state index in [4.69, 9.17) is 5.73 Å². The maximum atomic E-state index is 5.88.